The van der Waals surface area contributed by atoms with Gasteiger partial charge in [0, 0.05) is 19.8 Å². The molecule has 3 heteroatoms. The van der Waals surface area contributed by atoms with Crippen LogP contribution in [-0.2, 0) is 4.74 Å². The van der Waals surface area contributed by atoms with E-state index in [1.54, 1.807) is 7.11 Å². The number of rotatable bonds is 6. The highest BCUT2D eigenvalue weighted by Crippen LogP contribution is 2.44. The van der Waals surface area contributed by atoms with Crippen LogP contribution in [0.2, 0.25) is 0 Å². The lowest BCUT2D eigenvalue weighted by Crippen LogP contribution is -2.48. The van der Waals surface area contributed by atoms with Crippen molar-refractivity contribution in [2.24, 2.45) is 29.5 Å². The first-order valence-corrected chi connectivity index (χ1v) is 8.21. The normalized spacial score (nSPS) is 34.6. The summed E-state index contributed by atoms with van der Waals surface area (Å²) in [6, 6.07) is 0.470. The predicted molar refractivity (Wildman–Crippen MR) is 79.6 cm³/mol. The van der Waals surface area contributed by atoms with Crippen LogP contribution >= 0.6 is 0 Å². The Labute approximate surface area is 118 Å². The van der Waals surface area contributed by atoms with E-state index in [4.69, 9.17) is 10.6 Å². The van der Waals surface area contributed by atoms with Crippen LogP contribution < -0.4 is 11.3 Å². The second kappa shape index (κ2) is 7.61. The van der Waals surface area contributed by atoms with Crippen molar-refractivity contribution in [3.8, 4) is 0 Å². The number of nitrogens with one attached hydrogen (secondary N) is 1. The maximum atomic E-state index is 5.85. The zero-order chi connectivity index (χ0) is 13.7. The average Bonchev–Trinajstić information content (AvgIpc) is 2.45. The summed E-state index contributed by atoms with van der Waals surface area (Å²) in [7, 11) is 1.78. The van der Waals surface area contributed by atoms with Gasteiger partial charge >= 0.3 is 0 Å². The van der Waals surface area contributed by atoms with E-state index in [-0.39, 0.29) is 0 Å². The molecule has 2 fully saturated rings. The van der Waals surface area contributed by atoms with Gasteiger partial charge in [0.2, 0.25) is 0 Å². The van der Waals surface area contributed by atoms with Gasteiger partial charge in [-0.2, -0.15) is 0 Å². The van der Waals surface area contributed by atoms with Crippen LogP contribution in [0.5, 0.6) is 0 Å². The van der Waals surface area contributed by atoms with Crippen molar-refractivity contribution in [2.75, 3.05) is 13.7 Å². The summed E-state index contributed by atoms with van der Waals surface area (Å²) in [5.74, 6) is 9.24. The van der Waals surface area contributed by atoms with Gasteiger partial charge in [-0.25, -0.2) is 0 Å². The monoisotopic (exact) mass is 268 g/mol. The molecule has 0 aliphatic heterocycles. The second-order valence-corrected chi connectivity index (χ2v) is 6.83. The minimum Gasteiger partial charge on any atom is -0.385 e. The molecule has 0 spiro atoms. The Morgan fingerprint density at radius 3 is 2.58 bits per heavy atom. The molecule has 0 heterocycles. The number of hydrogen-bond donors (Lipinski definition) is 2. The quantitative estimate of drug-likeness (QED) is 0.575. The van der Waals surface area contributed by atoms with E-state index in [1.807, 2.05) is 0 Å². The zero-order valence-electron chi connectivity index (χ0n) is 12.7. The minimum atomic E-state index is 0.470. The molecule has 2 aliphatic rings. The van der Waals surface area contributed by atoms with Crippen LogP contribution in [0.15, 0.2) is 0 Å². The van der Waals surface area contributed by atoms with Crippen molar-refractivity contribution in [2.45, 2.75) is 64.3 Å². The number of hydrazine groups is 1. The third-order valence-corrected chi connectivity index (χ3v) is 5.67. The van der Waals surface area contributed by atoms with E-state index >= 15 is 0 Å². The van der Waals surface area contributed by atoms with Crippen molar-refractivity contribution in [1.29, 1.82) is 0 Å². The molecule has 3 nitrogen and oxygen atoms in total. The van der Waals surface area contributed by atoms with E-state index in [0.29, 0.717) is 12.0 Å². The predicted octanol–water partition coefficient (Wildman–Crippen LogP) is 3.10. The molecule has 112 valence electrons. The van der Waals surface area contributed by atoms with Gasteiger partial charge in [0.05, 0.1) is 0 Å². The summed E-state index contributed by atoms with van der Waals surface area (Å²) < 4.78 is 5.21. The van der Waals surface area contributed by atoms with E-state index in [9.17, 15) is 0 Å². The molecule has 2 saturated carbocycles. The molecule has 0 aromatic carbocycles. The van der Waals surface area contributed by atoms with Gasteiger partial charge in [-0.3, -0.25) is 11.3 Å². The first-order chi connectivity index (χ1) is 9.26. The molecule has 5 atom stereocenters. The molecule has 5 unspecified atom stereocenters. The fourth-order valence-electron chi connectivity index (χ4n) is 4.48. The van der Waals surface area contributed by atoms with Crippen molar-refractivity contribution in [3.63, 3.8) is 0 Å². The number of nitrogens with two attached hydrogens (primary N) is 1. The maximum Gasteiger partial charge on any atom is 0.0465 e. The molecular formula is C16H32N2O. The van der Waals surface area contributed by atoms with Crippen LogP contribution in [0.25, 0.3) is 0 Å². The van der Waals surface area contributed by atoms with Crippen molar-refractivity contribution in [1.82, 2.24) is 5.43 Å². The van der Waals surface area contributed by atoms with Crippen LogP contribution in [0.3, 0.4) is 0 Å². The van der Waals surface area contributed by atoms with Gasteiger partial charge in [0.15, 0.2) is 0 Å². The van der Waals surface area contributed by atoms with E-state index in [0.717, 1.165) is 30.8 Å². The lowest BCUT2D eigenvalue weighted by atomic mass is 9.65. The zero-order valence-corrected chi connectivity index (χ0v) is 12.7. The minimum absolute atomic E-state index is 0.470. The van der Waals surface area contributed by atoms with E-state index in [1.165, 1.54) is 44.9 Å². The molecule has 0 radical (unpaired) electrons. The van der Waals surface area contributed by atoms with Gasteiger partial charge in [0.1, 0.15) is 0 Å². The maximum absolute atomic E-state index is 5.85. The van der Waals surface area contributed by atoms with E-state index < -0.39 is 0 Å². The summed E-state index contributed by atoms with van der Waals surface area (Å²) in [6.07, 6.45) is 11.2. The largest absolute Gasteiger partial charge is 0.385 e. The second-order valence-electron chi connectivity index (χ2n) is 6.83. The summed E-state index contributed by atoms with van der Waals surface area (Å²) in [5.41, 5.74) is 3.12. The van der Waals surface area contributed by atoms with Crippen molar-refractivity contribution in [3.05, 3.63) is 0 Å². The fraction of sp³-hybridized carbons (Fsp3) is 1.00. The van der Waals surface area contributed by atoms with Crippen molar-refractivity contribution < 1.29 is 4.74 Å². The smallest absolute Gasteiger partial charge is 0.0465 e. The van der Waals surface area contributed by atoms with Gasteiger partial charge in [-0.05, 0) is 49.4 Å². The average molecular weight is 268 g/mol. The molecular weight excluding hydrogens is 236 g/mol. The van der Waals surface area contributed by atoms with Crippen LogP contribution in [-0.4, -0.2) is 19.8 Å². The number of hydrogen-bond acceptors (Lipinski definition) is 3. The Morgan fingerprint density at radius 2 is 1.89 bits per heavy atom. The van der Waals surface area contributed by atoms with Gasteiger partial charge in [-0.1, -0.05) is 32.6 Å². The van der Waals surface area contributed by atoms with E-state index in [2.05, 4.69) is 12.3 Å². The molecule has 0 saturated heterocycles. The Bertz CT molecular complexity index is 259. The lowest BCUT2D eigenvalue weighted by Gasteiger charge is -2.43. The highest BCUT2D eigenvalue weighted by atomic mass is 16.5. The Hall–Kier alpha value is -0.120. The fourth-order valence-corrected chi connectivity index (χ4v) is 4.48. The standard InChI is InChI=1S/C16H32N2O/c1-12(9-10-19-2)16(18-17)15-8-7-13-5-3-4-6-14(13)11-15/h12-16,18H,3-11,17H2,1-2H3. The SMILES string of the molecule is COCCC(C)C(NN)C1CCC2CCCCC2C1. The first-order valence-electron chi connectivity index (χ1n) is 8.21. The highest BCUT2D eigenvalue weighted by Gasteiger charge is 2.36. The van der Waals surface area contributed by atoms with Crippen LogP contribution in [0, 0.1) is 23.7 Å². The van der Waals surface area contributed by atoms with Gasteiger partial charge < -0.3 is 4.74 Å². The Morgan fingerprint density at radius 1 is 1.16 bits per heavy atom. The molecule has 3 N–H and O–H groups in total. The molecule has 0 aromatic rings. The third kappa shape index (κ3) is 3.93. The van der Waals surface area contributed by atoms with Crippen LogP contribution in [0.1, 0.15) is 58.3 Å². The summed E-state index contributed by atoms with van der Waals surface area (Å²) in [6.45, 7) is 3.16. The Balaban J connectivity index is 1.88. The Kier molecular flexibility index (Phi) is 6.11. The summed E-state index contributed by atoms with van der Waals surface area (Å²) in [4.78, 5) is 0. The van der Waals surface area contributed by atoms with Crippen LogP contribution in [0.4, 0.5) is 0 Å². The third-order valence-electron chi connectivity index (χ3n) is 5.67. The lowest BCUT2D eigenvalue weighted by molar-refractivity contribution is 0.0865. The molecule has 0 bridgehead atoms. The van der Waals surface area contributed by atoms with Crippen molar-refractivity contribution >= 4 is 0 Å². The highest BCUT2D eigenvalue weighted by molar-refractivity contribution is 4.89. The molecule has 2 rings (SSSR count). The topological polar surface area (TPSA) is 47.3 Å². The van der Waals surface area contributed by atoms with Gasteiger partial charge in [-0.15, -0.1) is 0 Å². The molecule has 2 aliphatic carbocycles. The number of fused-ring (bicyclic) bond motifs is 1. The summed E-state index contributed by atoms with van der Waals surface area (Å²) >= 11 is 0. The molecule has 0 aromatic heterocycles. The molecule has 19 heavy (non-hydrogen) atoms. The summed E-state index contributed by atoms with van der Waals surface area (Å²) in [5, 5.41) is 0. The molecule has 0 amide bonds. The number of methoxy groups -OCH3 is 1. The first kappa shape index (κ1) is 15.3. The number of ether oxygens (including phenoxy) is 1. The van der Waals surface area contributed by atoms with Gasteiger partial charge in [0.25, 0.3) is 0 Å².